The third-order valence-electron chi connectivity index (χ3n) is 4.08. The van der Waals surface area contributed by atoms with E-state index in [1.807, 2.05) is 48.5 Å². The third-order valence-corrected chi connectivity index (χ3v) is 4.08. The van der Waals surface area contributed by atoms with Gasteiger partial charge < -0.3 is 9.47 Å². The molecule has 0 saturated heterocycles. The van der Waals surface area contributed by atoms with Crippen LogP contribution in [-0.4, -0.2) is 26.3 Å². The highest BCUT2D eigenvalue weighted by atomic mass is 16.7. The molecule has 1 aliphatic rings. The molecule has 1 aliphatic heterocycles. The van der Waals surface area contributed by atoms with Crippen molar-refractivity contribution in [1.82, 2.24) is 19.5 Å². The van der Waals surface area contributed by atoms with Crippen LogP contribution in [0.4, 0.5) is 0 Å². The average molecular weight is 332 g/mol. The standard InChI is InChI=1S/C18H12N4O3/c23-18-21-16-17(22(18)12-4-2-1-3-5-12)19-9-13(20-16)11-6-7-14-15(8-11)25-10-24-14/h1-9H,10H2,(H,20,21,23). The van der Waals surface area contributed by atoms with E-state index in [0.29, 0.717) is 28.5 Å². The van der Waals surface area contributed by atoms with Crippen molar-refractivity contribution in [2.75, 3.05) is 6.79 Å². The van der Waals surface area contributed by atoms with Crippen molar-refractivity contribution in [1.29, 1.82) is 0 Å². The zero-order chi connectivity index (χ0) is 16.8. The van der Waals surface area contributed by atoms with E-state index in [2.05, 4.69) is 15.0 Å². The summed E-state index contributed by atoms with van der Waals surface area (Å²) >= 11 is 0. The first-order chi connectivity index (χ1) is 12.3. The molecule has 0 atom stereocenters. The van der Waals surface area contributed by atoms with Crippen molar-refractivity contribution in [3.8, 4) is 28.4 Å². The number of ether oxygens (including phenoxy) is 2. The molecule has 2 aromatic carbocycles. The second kappa shape index (κ2) is 5.20. The van der Waals surface area contributed by atoms with Crippen LogP contribution in [0.1, 0.15) is 0 Å². The maximum absolute atomic E-state index is 12.3. The van der Waals surface area contributed by atoms with Crippen LogP contribution in [0.3, 0.4) is 0 Å². The molecular weight excluding hydrogens is 320 g/mol. The number of nitrogens with one attached hydrogen (secondary N) is 1. The van der Waals surface area contributed by atoms with Gasteiger partial charge in [-0.25, -0.2) is 19.3 Å². The summed E-state index contributed by atoms with van der Waals surface area (Å²) in [7, 11) is 0. The summed E-state index contributed by atoms with van der Waals surface area (Å²) < 4.78 is 12.2. The number of hydrogen-bond acceptors (Lipinski definition) is 5. The molecule has 0 spiro atoms. The van der Waals surface area contributed by atoms with Gasteiger partial charge in [0.1, 0.15) is 0 Å². The van der Waals surface area contributed by atoms with E-state index < -0.39 is 0 Å². The van der Waals surface area contributed by atoms with Crippen LogP contribution in [0.2, 0.25) is 0 Å². The summed E-state index contributed by atoms with van der Waals surface area (Å²) in [5.41, 5.74) is 2.87. The second-order valence-corrected chi connectivity index (χ2v) is 5.60. The first kappa shape index (κ1) is 13.8. The lowest BCUT2D eigenvalue weighted by atomic mass is 10.1. The van der Waals surface area contributed by atoms with Gasteiger partial charge in [-0.05, 0) is 30.3 Å². The Morgan fingerprint density at radius 2 is 1.88 bits per heavy atom. The Kier molecular flexibility index (Phi) is 2.87. The van der Waals surface area contributed by atoms with Crippen LogP contribution in [0.25, 0.3) is 28.2 Å². The van der Waals surface area contributed by atoms with Gasteiger partial charge in [-0.1, -0.05) is 18.2 Å². The lowest BCUT2D eigenvalue weighted by molar-refractivity contribution is 0.174. The van der Waals surface area contributed by atoms with E-state index in [1.165, 1.54) is 4.57 Å². The first-order valence-corrected chi connectivity index (χ1v) is 7.73. The van der Waals surface area contributed by atoms with Gasteiger partial charge in [0, 0.05) is 5.56 Å². The monoisotopic (exact) mass is 332 g/mol. The fraction of sp³-hybridized carbons (Fsp3) is 0.0556. The Bertz CT molecular complexity index is 1150. The molecule has 25 heavy (non-hydrogen) atoms. The number of benzene rings is 2. The molecule has 1 N–H and O–H groups in total. The summed E-state index contributed by atoms with van der Waals surface area (Å²) in [4.78, 5) is 24.1. The highest BCUT2D eigenvalue weighted by Crippen LogP contribution is 2.35. The number of aromatic amines is 1. The summed E-state index contributed by atoms with van der Waals surface area (Å²) in [5.74, 6) is 1.39. The molecule has 5 rings (SSSR count). The Labute approximate surface area is 141 Å². The minimum atomic E-state index is -0.274. The topological polar surface area (TPSA) is 82.0 Å². The lowest BCUT2D eigenvalue weighted by Gasteiger charge is -2.04. The number of imidazole rings is 1. The Balaban J connectivity index is 1.65. The zero-order valence-corrected chi connectivity index (χ0v) is 13.0. The molecule has 0 amide bonds. The fourth-order valence-electron chi connectivity index (χ4n) is 2.90. The van der Waals surface area contributed by atoms with Crippen LogP contribution in [-0.2, 0) is 0 Å². The van der Waals surface area contributed by atoms with Gasteiger partial charge in [0.15, 0.2) is 22.8 Å². The number of rotatable bonds is 2. The van der Waals surface area contributed by atoms with Gasteiger partial charge in [0.05, 0.1) is 17.6 Å². The number of aromatic nitrogens is 4. The van der Waals surface area contributed by atoms with Crippen molar-refractivity contribution in [2.45, 2.75) is 0 Å². The van der Waals surface area contributed by atoms with Gasteiger partial charge in [0.25, 0.3) is 0 Å². The normalized spacial score (nSPS) is 12.6. The minimum absolute atomic E-state index is 0.219. The highest BCUT2D eigenvalue weighted by Gasteiger charge is 2.16. The number of fused-ring (bicyclic) bond motifs is 2. The number of hydrogen-bond donors (Lipinski definition) is 1. The zero-order valence-electron chi connectivity index (χ0n) is 13.0. The quantitative estimate of drug-likeness (QED) is 0.610. The molecule has 0 radical (unpaired) electrons. The predicted octanol–water partition coefficient (Wildman–Crippen LogP) is 2.50. The van der Waals surface area contributed by atoms with Crippen molar-refractivity contribution in [3.05, 3.63) is 65.2 Å². The first-order valence-electron chi connectivity index (χ1n) is 7.73. The van der Waals surface area contributed by atoms with E-state index in [4.69, 9.17) is 9.47 Å². The SMILES string of the molecule is O=c1[nH]c2nc(-c3ccc4c(c3)OCO4)cnc2n1-c1ccccc1. The van der Waals surface area contributed by atoms with Gasteiger partial charge >= 0.3 is 5.69 Å². The van der Waals surface area contributed by atoms with E-state index in [9.17, 15) is 4.79 Å². The minimum Gasteiger partial charge on any atom is -0.454 e. The molecule has 0 saturated carbocycles. The van der Waals surface area contributed by atoms with Crippen LogP contribution in [0.5, 0.6) is 11.5 Å². The molecule has 7 heteroatoms. The summed E-state index contributed by atoms with van der Waals surface area (Å²) in [6, 6.07) is 14.9. The van der Waals surface area contributed by atoms with Gasteiger partial charge in [-0.2, -0.15) is 0 Å². The molecule has 0 bridgehead atoms. The Hall–Kier alpha value is -3.61. The Morgan fingerprint density at radius 3 is 2.76 bits per heavy atom. The fourth-order valence-corrected chi connectivity index (χ4v) is 2.90. The third kappa shape index (κ3) is 2.17. The van der Waals surface area contributed by atoms with Gasteiger partial charge in [-0.15, -0.1) is 0 Å². The van der Waals surface area contributed by atoms with Gasteiger partial charge in [-0.3, -0.25) is 4.98 Å². The van der Waals surface area contributed by atoms with E-state index >= 15 is 0 Å². The second-order valence-electron chi connectivity index (χ2n) is 5.60. The summed E-state index contributed by atoms with van der Waals surface area (Å²) in [5, 5.41) is 0. The highest BCUT2D eigenvalue weighted by molar-refractivity contribution is 5.73. The van der Waals surface area contributed by atoms with Crippen molar-refractivity contribution < 1.29 is 9.47 Å². The maximum atomic E-state index is 12.3. The van der Waals surface area contributed by atoms with Crippen LogP contribution >= 0.6 is 0 Å². The van der Waals surface area contributed by atoms with Crippen molar-refractivity contribution >= 4 is 11.3 Å². The van der Waals surface area contributed by atoms with Crippen molar-refractivity contribution in [2.24, 2.45) is 0 Å². The lowest BCUT2D eigenvalue weighted by Crippen LogP contribution is -2.14. The number of nitrogens with zero attached hydrogens (tertiary/aromatic N) is 3. The molecule has 122 valence electrons. The molecular formula is C18H12N4O3. The molecule has 0 aliphatic carbocycles. The molecule has 2 aromatic heterocycles. The molecule has 4 aromatic rings. The summed E-state index contributed by atoms with van der Waals surface area (Å²) in [6.45, 7) is 0.219. The maximum Gasteiger partial charge on any atom is 0.333 e. The number of para-hydroxylation sites is 1. The molecule has 7 nitrogen and oxygen atoms in total. The van der Waals surface area contributed by atoms with E-state index in [-0.39, 0.29) is 12.5 Å². The van der Waals surface area contributed by atoms with E-state index in [1.54, 1.807) is 6.20 Å². The van der Waals surface area contributed by atoms with Crippen LogP contribution in [0.15, 0.2) is 59.5 Å². The average Bonchev–Trinajstić information content (AvgIpc) is 3.24. The largest absolute Gasteiger partial charge is 0.454 e. The molecule has 0 fully saturated rings. The molecule has 3 heterocycles. The Morgan fingerprint density at radius 1 is 1.04 bits per heavy atom. The van der Waals surface area contributed by atoms with Crippen LogP contribution in [0, 0.1) is 0 Å². The van der Waals surface area contributed by atoms with Gasteiger partial charge in [0.2, 0.25) is 6.79 Å². The predicted molar refractivity (Wildman–Crippen MR) is 91.0 cm³/mol. The molecule has 0 unspecified atom stereocenters. The summed E-state index contributed by atoms with van der Waals surface area (Å²) in [6.07, 6.45) is 1.65. The van der Waals surface area contributed by atoms with E-state index in [0.717, 1.165) is 11.3 Å². The smallest absolute Gasteiger partial charge is 0.333 e. The van der Waals surface area contributed by atoms with Crippen LogP contribution < -0.4 is 15.2 Å². The number of H-pyrrole nitrogens is 1. The van der Waals surface area contributed by atoms with Crippen molar-refractivity contribution in [3.63, 3.8) is 0 Å².